The zero-order chi connectivity index (χ0) is 15.9. The number of hydrogen-bond acceptors (Lipinski definition) is 3. The standard InChI is InChI=1S/C18H21NO3/c1-13-7-10-15(11-8-13)19-17(20)12-9-14-5-4-6-16(21-2)18(14)22-3/h4-8,10-11H,9,12H2,1-3H3,(H,19,20). The molecule has 0 atom stereocenters. The Bertz CT molecular complexity index is 635. The van der Waals surface area contributed by atoms with Gasteiger partial charge in [-0.25, -0.2) is 0 Å². The Hall–Kier alpha value is -2.49. The smallest absolute Gasteiger partial charge is 0.224 e. The van der Waals surface area contributed by atoms with Crippen LogP contribution in [0.2, 0.25) is 0 Å². The van der Waals surface area contributed by atoms with Crippen molar-refractivity contribution in [1.29, 1.82) is 0 Å². The maximum Gasteiger partial charge on any atom is 0.224 e. The summed E-state index contributed by atoms with van der Waals surface area (Å²) in [5.41, 5.74) is 2.94. The number of rotatable bonds is 6. The van der Waals surface area contributed by atoms with Crippen molar-refractivity contribution in [2.24, 2.45) is 0 Å². The predicted octanol–water partition coefficient (Wildman–Crippen LogP) is 3.58. The van der Waals surface area contributed by atoms with Crippen LogP contribution in [0, 0.1) is 6.92 Å². The van der Waals surface area contributed by atoms with Gasteiger partial charge in [0.15, 0.2) is 11.5 Å². The number of nitrogens with one attached hydrogen (secondary N) is 1. The minimum atomic E-state index is -0.0197. The second-order valence-corrected chi connectivity index (χ2v) is 5.07. The van der Waals surface area contributed by atoms with E-state index in [-0.39, 0.29) is 5.91 Å². The summed E-state index contributed by atoms with van der Waals surface area (Å²) in [6, 6.07) is 13.4. The van der Waals surface area contributed by atoms with E-state index < -0.39 is 0 Å². The Labute approximate surface area is 131 Å². The number of anilines is 1. The number of methoxy groups -OCH3 is 2. The first-order valence-corrected chi connectivity index (χ1v) is 7.20. The molecule has 4 heteroatoms. The molecule has 0 aromatic heterocycles. The van der Waals surface area contributed by atoms with Crippen LogP contribution < -0.4 is 14.8 Å². The molecule has 2 aromatic carbocycles. The summed E-state index contributed by atoms with van der Waals surface area (Å²) in [6.45, 7) is 2.01. The lowest BCUT2D eigenvalue weighted by Gasteiger charge is -2.12. The van der Waals surface area contributed by atoms with Gasteiger partial charge in [0.1, 0.15) is 0 Å². The number of amides is 1. The summed E-state index contributed by atoms with van der Waals surface area (Å²) in [6.07, 6.45) is 0.982. The zero-order valence-electron chi connectivity index (χ0n) is 13.2. The van der Waals surface area contributed by atoms with Crippen LogP contribution >= 0.6 is 0 Å². The summed E-state index contributed by atoms with van der Waals surface area (Å²) in [4.78, 5) is 12.0. The number of carbonyl (C=O) groups excluding carboxylic acids is 1. The molecule has 0 aliphatic heterocycles. The minimum Gasteiger partial charge on any atom is -0.493 e. The van der Waals surface area contributed by atoms with Crippen molar-refractivity contribution in [2.45, 2.75) is 19.8 Å². The first-order chi connectivity index (χ1) is 10.6. The third-order valence-electron chi connectivity index (χ3n) is 3.44. The number of ether oxygens (including phenoxy) is 2. The predicted molar refractivity (Wildman–Crippen MR) is 87.7 cm³/mol. The molecule has 2 rings (SSSR count). The molecule has 22 heavy (non-hydrogen) atoms. The van der Waals surface area contributed by atoms with Crippen molar-refractivity contribution in [2.75, 3.05) is 19.5 Å². The average molecular weight is 299 g/mol. The van der Waals surface area contributed by atoms with Crippen molar-refractivity contribution in [3.05, 3.63) is 53.6 Å². The van der Waals surface area contributed by atoms with E-state index in [4.69, 9.17) is 9.47 Å². The Morgan fingerprint density at radius 1 is 1.05 bits per heavy atom. The normalized spacial score (nSPS) is 10.1. The van der Waals surface area contributed by atoms with Gasteiger partial charge in [-0.1, -0.05) is 29.8 Å². The van der Waals surface area contributed by atoms with Crippen LogP contribution in [-0.2, 0) is 11.2 Å². The molecule has 0 aliphatic rings. The molecule has 0 unspecified atom stereocenters. The van der Waals surface area contributed by atoms with E-state index in [1.54, 1.807) is 14.2 Å². The van der Waals surface area contributed by atoms with Gasteiger partial charge in [-0.15, -0.1) is 0 Å². The molecule has 4 nitrogen and oxygen atoms in total. The summed E-state index contributed by atoms with van der Waals surface area (Å²) >= 11 is 0. The topological polar surface area (TPSA) is 47.6 Å². The van der Waals surface area contributed by atoms with Gasteiger partial charge in [-0.3, -0.25) is 4.79 Å². The molecule has 0 heterocycles. The van der Waals surface area contributed by atoms with Crippen LogP contribution in [0.25, 0.3) is 0 Å². The molecule has 0 bridgehead atoms. The maximum absolute atomic E-state index is 12.0. The molecule has 116 valence electrons. The third-order valence-corrected chi connectivity index (χ3v) is 3.44. The minimum absolute atomic E-state index is 0.0197. The van der Waals surface area contributed by atoms with E-state index in [1.807, 2.05) is 49.4 Å². The van der Waals surface area contributed by atoms with Gasteiger partial charge in [0.25, 0.3) is 0 Å². The van der Waals surface area contributed by atoms with Crippen LogP contribution in [0.5, 0.6) is 11.5 Å². The second kappa shape index (κ2) is 7.50. The quantitative estimate of drug-likeness (QED) is 0.887. The third kappa shape index (κ3) is 4.01. The molecule has 0 aliphatic carbocycles. The van der Waals surface area contributed by atoms with Crippen LogP contribution in [0.1, 0.15) is 17.5 Å². The summed E-state index contributed by atoms with van der Waals surface area (Å²) in [5.74, 6) is 1.35. The summed E-state index contributed by atoms with van der Waals surface area (Å²) < 4.78 is 10.6. The highest BCUT2D eigenvalue weighted by molar-refractivity contribution is 5.90. The lowest BCUT2D eigenvalue weighted by Crippen LogP contribution is -2.12. The van der Waals surface area contributed by atoms with E-state index in [2.05, 4.69) is 5.32 Å². The van der Waals surface area contributed by atoms with Crippen molar-refractivity contribution >= 4 is 11.6 Å². The van der Waals surface area contributed by atoms with Gasteiger partial charge < -0.3 is 14.8 Å². The van der Waals surface area contributed by atoms with Crippen LogP contribution in [0.15, 0.2) is 42.5 Å². The Balaban J connectivity index is 1.98. The first-order valence-electron chi connectivity index (χ1n) is 7.20. The fourth-order valence-electron chi connectivity index (χ4n) is 2.26. The highest BCUT2D eigenvalue weighted by atomic mass is 16.5. The van der Waals surface area contributed by atoms with Gasteiger partial charge in [0.05, 0.1) is 14.2 Å². The number of para-hydroxylation sites is 1. The van der Waals surface area contributed by atoms with E-state index in [0.29, 0.717) is 24.3 Å². The van der Waals surface area contributed by atoms with E-state index in [9.17, 15) is 4.79 Å². The first kappa shape index (κ1) is 15.9. The van der Waals surface area contributed by atoms with Gasteiger partial charge in [0.2, 0.25) is 5.91 Å². The van der Waals surface area contributed by atoms with Crippen LogP contribution in [-0.4, -0.2) is 20.1 Å². The van der Waals surface area contributed by atoms with Gasteiger partial charge in [0, 0.05) is 12.1 Å². The maximum atomic E-state index is 12.0. The monoisotopic (exact) mass is 299 g/mol. The number of aryl methyl sites for hydroxylation is 2. The summed E-state index contributed by atoms with van der Waals surface area (Å²) in [7, 11) is 3.21. The van der Waals surface area contributed by atoms with E-state index in [0.717, 1.165) is 11.3 Å². The number of benzene rings is 2. The Kier molecular flexibility index (Phi) is 5.42. The van der Waals surface area contributed by atoms with Crippen molar-refractivity contribution in [3.63, 3.8) is 0 Å². The largest absolute Gasteiger partial charge is 0.493 e. The Morgan fingerprint density at radius 2 is 1.77 bits per heavy atom. The van der Waals surface area contributed by atoms with Crippen molar-refractivity contribution in [1.82, 2.24) is 0 Å². The van der Waals surface area contributed by atoms with Crippen molar-refractivity contribution in [3.8, 4) is 11.5 Å². The molecular formula is C18H21NO3. The van der Waals surface area contributed by atoms with Gasteiger partial charge in [-0.05, 0) is 37.1 Å². The van der Waals surface area contributed by atoms with Crippen molar-refractivity contribution < 1.29 is 14.3 Å². The molecular weight excluding hydrogens is 278 g/mol. The fraction of sp³-hybridized carbons (Fsp3) is 0.278. The second-order valence-electron chi connectivity index (χ2n) is 5.07. The molecule has 1 N–H and O–H groups in total. The van der Waals surface area contributed by atoms with E-state index in [1.165, 1.54) is 5.56 Å². The van der Waals surface area contributed by atoms with E-state index >= 15 is 0 Å². The van der Waals surface area contributed by atoms with Crippen LogP contribution in [0.3, 0.4) is 0 Å². The highest BCUT2D eigenvalue weighted by Gasteiger charge is 2.11. The van der Waals surface area contributed by atoms with Gasteiger partial charge in [-0.2, -0.15) is 0 Å². The molecule has 1 amide bonds. The molecule has 2 aromatic rings. The molecule has 0 spiro atoms. The van der Waals surface area contributed by atoms with Crippen LogP contribution in [0.4, 0.5) is 5.69 Å². The molecule has 0 radical (unpaired) electrons. The SMILES string of the molecule is COc1cccc(CCC(=O)Nc2ccc(C)cc2)c1OC. The fourth-order valence-corrected chi connectivity index (χ4v) is 2.26. The zero-order valence-corrected chi connectivity index (χ0v) is 13.2. The average Bonchev–Trinajstić information content (AvgIpc) is 2.54. The lowest BCUT2D eigenvalue weighted by molar-refractivity contribution is -0.116. The summed E-state index contributed by atoms with van der Waals surface area (Å²) in [5, 5.41) is 2.89. The van der Waals surface area contributed by atoms with Gasteiger partial charge >= 0.3 is 0 Å². The molecule has 0 fully saturated rings. The Morgan fingerprint density at radius 3 is 2.41 bits per heavy atom. The lowest BCUT2D eigenvalue weighted by atomic mass is 10.1. The number of carbonyl (C=O) groups is 1. The number of hydrogen-bond donors (Lipinski definition) is 1. The molecule has 0 saturated carbocycles. The molecule has 0 saturated heterocycles. The highest BCUT2D eigenvalue weighted by Crippen LogP contribution is 2.31.